The van der Waals surface area contributed by atoms with Gasteiger partial charge in [-0.25, -0.2) is 0 Å². The van der Waals surface area contributed by atoms with Crippen molar-refractivity contribution in [2.75, 3.05) is 0 Å². The van der Waals surface area contributed by atoms with E-state index < -0.39 is 11.7 Å². The third kappa shape index (κ3) is 3.31. The quantitative estimate of drug-likeness (QED) is 0.479. The highest BCUT2D eigenvalue weighted by atomic mass is 35.5. The zero-order chi connectivity index (χ0) is 19.0. The van der Waals surface area contributed by atoms with Crippen LogP contribution in [0.25, 0.3) is 16.8 Å². The van der Waals surface area contributed by atoms with Gasteiger partial charge in [-0.2, -0.15) is 17.7 Å². The van der Waals surface area contributed by atoms with Gasteiger partial charge >= 0.3 is 6.18 Å². The zero-order valence-corrected chi connectivity index (χ0v) is 14.2. The number of hydrogen-bond acceptors (Lipinski definition) is 4. The Balaban J connectivity index is 1.85. The highest BCUT2D eigenvalue weighted by molar-refractivity contribution is 6.28. The molecule has 0 bridgehead atoms. The number of rotatable bonds is 3. The van der Waals surface area contributed by atoms with E-state index in [0.717, 1.165) is 6.07 Å². The van der Waals surface area contributed by atoms with Crippen LogP contribution in [0.4, 0.5) is 13.2 Å². The highest BCUT2D eigenvalue weighted by Gasteiger charge is 2.35. The molecule has 0 radical (unpaired) electrons. The first kappa shape index (κ1) is 17.3. The summed E-state index contributed by atoms with van der Waals surface area (Å²) in [4.78, 5) is 0. The van der Waals surface area contributed by atoms with E-state index in [0.29, 0.717) is 11.2 Å². The number of fused-ring (bicyclic) bond motifs is 1. The van der Waals surface area contributed by atoms with E-state index in [1.807, 2.05) is 0 Å². The second-order valence-electron chi connectivity index (χ2n) is 5.56. The highest BCUT2D eigenvalue weighted by Crippen LogP contribution is 2.43. The van der Waals surface area contributed by atoms with Crippen LogP contribution in [-0.4, -0.2) is 19.8 Å². The number of halogens is 4. The second kappa shape index (κ2) is 6.55. The maximum atomic E-state index is 13.6. The molecule has 4 aromatic rings. The Morgan fingerprint density at radius 3 is 2.41 bits per heavy atom. The summed E-state index contributed by atoms with van der Waals surface area (Å²) in [6.07, 6.45) is -4.54. The molecule has 4 rings (SSSR count). The van der Waals surface area contributed by atoms with Crippen LogP contribution in [0.3, 0.4) is 0 Å². The standard InChI is InChI=1S/C18H10ClF3N4O/c19-17-24-23-14-9-10-15(25-26(14)17)27-13-8-4-7-12(18(20,21)22)16(13)11-5-2-1-3-6-11/h1-10H. The molecule has 5 nitrogen and oxygen atoms in total. The van der Waals surface area contributed by atoms with Crippen molar-refractivity contribution in [3.63, 3.8) is 0 Å². The Hall–Kier alpha value is -3.13. The molecule has 2 heterocycles. The molecule has 0 fully saturated rings. The van der Waals surface area contributed by atoms with Crippen LogP contribution in [-0.2, 0) is 6.18 Å². The summed E-state index contributed by atoms with van der Waals surface area (Å²) >= 11 is 5.88. The van der Waals surface area contributed by atoms with Gasteiger partial charge in [0.1, 0.15) is 5.75 Å². The Bertz CT molecular complexity index is 1110. The SMILES string of the molecule is FC(F)(F)c1cccc(Oc2ccc3nnc(Cl)n3n2)c1-c1ccccc1. The Labute approximate surface area is 156 Å². The van der Waals surface area contributed by atoms with Crippen LogP contribution in [0.2, 0.25) is 5.28 Å². The minimum atomic E-state index is -4.54. The first-order valence-corrected chi connectivity index (χ1v) is 8.13. The second-order valence-corrected chi connectivity index (χ2v) is 5.89. The van der Waals surface area contributed by atoms with Crippen molar-refractivity contribution in [2.45, 2.75) is 6.18 Å². The number of benzene rings is 2. The van der Waals surface area contributed by atoms with E-state index in [-0.39, 0.29) is 22.5 Å². The molecule has 0 saturated heterocycles. The summed E-state index contributed by atoms with van der Waals surface area (Å²) in [5.74, 6) is 0.0766. The molecule has 0 atom stereocenters. The minimum Gasteiger partial charge on any atom is -0.437 e. The molecule has 136 valence electrons. The summed E-state index contributed by atoms with van der Waals surface area (Å²) in [6.45, 7) is 0. The molecule has 0 N–H and O–H groups in total. The van der Waals surface area contributed by atoms with Crippen molar-refractivity contribution < 1.29 is 17.9 Å². The normalized spacial score (nSPS) is 11.7. The molecular formula is C18H10ClF3N4O. The third-order valence-corrected chi connectivity index (χ3v) is 4.04. The molecule has 0 spiro atoms. The fourth-order valence-electron chi connectivity index (χ4n) is 2.67. The summed E-state index contributed by atoms with van der Waals surface area (Å²) < 4.78 is 47.6. The lowest BCUT2D eigenvalue weighted by Gasteiger charge is -2.17. The minimum absolute atomic E-state index is 0.0165. The van der Waals surface area contributed by atoms with E-state index >= 15 is 0 Å². The molecule has 27 heavy (non-hydrogen) atoms. The molecule has 0 aliphatic heterocycles. The molecule has 0 saturated carbocycles. The van der Waals surface area contributed by atoms with E-state index in [1.54, 1.807) is 36.4 Å². The van der Waals surface area contributed by atoms with Gasteiger partial charge in [0.2, 0.25) is 11.2 Å². The van der Waals surface area contributed by atoms with Crippen molar-refractivity contribution >= 4 is 17.2 Å². The molecule has 2 aromatic heterocycles. The predicted molar refractivity (Wildman–Crippen MR) is 92.7 cm³/mol. The number of aromatic nitrogens is 4. The topological polar surface area (TPSA) is 52.3 Å². The maximum absolute atomic E-state index is 13.6. The fourth-order valence-corrected chi connectivity index (χ4v) is 2.83. The van der Waals surface area contributed by atoms with Gasteiger partial charge < -0.3 is 4.74 Å². The first-order valence-electron chi connectivity index (χ1n) is 7.75. The van der Waals surface area contributed by atoms with Crippen molar-refractivity contribution in [2.24, 2.45) is 0 Å². The van der Waals surface area contributed by atoms with Crippen molar-refractivity contribution in [3.8, 4) is 22.8 Å². The molecule has 2 aromatic carbocycles. The van der Waals surface area contributed by atoms with Crippen LogP contribution < -0.4 is 4.74 Å². The van der Waals surface area contributed by atoms with Gasteiger partial charge in [0.15, 0.2) is 5.65 Å². The third-order valence-electron chi connectivity index (χ3n) is 3.81. The van der Waals surface area contributed by atoms with E-state index in [4.69, 9.17) is 16.3 Å². The smallest absolute Gasteiger partial charge is 0.417 e. The first-order chi connectivity index (χ1) is 12.9. The molecule has 0 amide bonds. The van der Waals surface area contributed by atoms with Gasteiger partial charge in [0.25, 0.3) is 0 Å². The van der Waals surface area contributed by atoms with Gasteiger partial charge in [0.05, 0.1) is 5.56 Å². The maximum Gasteiger partial charge on any atom is 0.417 e. The zero-order valence-electron chi connectivity index (χ0n) is 13.5. The van der Waals surface area contributed by atoms with Gasteiger partial charge in [-0.3, -0.25) is 0 Å². The van der Waals surface area contributed by atoms with Crippen LogP contribution in [0.1, 0.15) is 5.56 Å². The van der Waals surface area contributed by atoms with E-state index in [1.165, 1.54) is 22.7 Å². The van der Waals surface area contributed by atoms with Gasteiger partial charge in [-0.1, -0.05) is 36.4 Å². The van der Waals surface area contributed by atoms with Crippen LogP contribution in [0.15, 0.2) is 60.7 Å². The summed E-state index contributed by atoms with van der Waals surface area (Å²) in [5, 5.41) is 11.6. The average Bonchev–Trinajstić information content (AvgIpc) is 3.02. The van der Waals surface area contributed by atoms with Crippen molar-refractivity contribution in [1.29, 1.82) is 0 Å². The summed E-state index contributed by atoms with van der Waals surface area (Å²) in [7, 11) is 0. The van der Waals surface area contributed by atoms with Gasteiger partial charge in [0, 0.05) is 11.6 Å². The lowest BCUT2D eigenvalue weighted by Crippen LogP contribution is -2.08. The molecule has 9 heteroatoms. The van der Waals surface area contributed by atoms with E-state index in [2.05, 4.69) is 15.3 Å². The molecule has 0 aliphatic rings. The van der Waals surface area contributed by atoms with Crippen LogP contribution in [0, 0.1) is 0 Å². The Morgan fingerprint density at radius 2 is 1.67 bits per heavy atom. The molecule has 0 unspecified atom stereocenters. The predicted octanol–water partition coefficient (Wildman–Crippen LogP) is 5.26. The average molecular weight is 391 g/mol. The van der Waals surface area contributed by atoms with Gasteiger partial charge in [-0.15, -0.1) is 15.3 Å². The number of ether oxygens (including phenoxy) is 1. The van der Waals surface area contributed by atoms with Crippen LogP contribution in [0.5, 0.6) is 11.6 Å². The monoisotopic (exact) mass is 390 g/mol. The summed E-state index contributed by atoms with van der Waals surface area (Å²) in [6, 6.07) is 15.0. The van der Waals surface area contributed by atoms with Crippen molar-refractivity contribution in [3.05, 3.63) is 71.5 Å². The number of alkyl halides is 3. The van der Waals surface area contributed by atoms with Crippen molar-refractivity contribution in [1.82, 2.24) is 19.8 Å². The molecule has 0 aliphatic carbocycles. The number of hydrogen-bond donors (Lipinski definition) is 0. The van der Waals surface area contributed by atoms with Crippen LogP contribution >= 0.6 is 11.6 Å². The summed E-state index contributed by atoms with van der Waals surface area (Å²) in [5.41, 5.74) is -0.0968. The lowest BCUT2D eigenvalue weighted by molar-refractivity contribution is -0.137. The lowest BCUT2D eigenvalue weighted by atomic mass is 9.98. The van der Waals surface area contributed by atoms with E-state index in [9.17, 15) is 13.2 Å². The largest absolute Gasteiger partial charge is 0.437 e. The Kier molecular flexibility index (Phi) is 4.19. The number of nitrogens with zero attached hydrogens (tertiary/aromatic N) is 4. The van der Waals surface area contributed by atoms with Gasteiger partial charge in [-0.05, 0) is 35.4 Å². The molecular weight excluding hydrogens is 381 g/mol. The Morgan fingerprint density at radius 1 is 0.889 bits per heavy atom. The fraction of sp³-hybridized carbons (Fsp3) is 0.0556.